The summed E-state index contributed by atoms with van der Waals surface area (Å²) in [6, 6.07) is 20.0. The number of benzene rings is 3. The number of aromatic nitrogens is 4. The summed E-state index contributed by atoms with van der Waals surface area (Å²) in [5.41, 5.74) is 7.29. The molecular weight excluding hydrogens is 618 g/mol. The lowest BCUT2D eigenvalue weighted by molar-refractivity contribution is -0.274. The van der Waals surface area contributed by atoms with Crippen LogP contribution in [0.4, 0.5) is 13.2 Å². The lowest BCUT2D eigenvalue weighted by Crippen LogP contribution is -2.25. The topological polar surface area (TPSA) is 69.3 Å². The van der Waals surface area contributed by atoms with E-state index in [0.717, 1.165) is 40.2 Å². The maximum atomic E-state index is 12.4. The lowest BCUT2D eigenvalue weighted by Gasteiger charge is -2.16. The van der Waals surface area contributed by atoms with Gasteiger partial charge in [0, 0.05) is 23.2 Å². The summed E-state index contributed by atoms with van der Waals surface area (Å²) in [7, 11) is 0. The molecule has 1 N–H and O–H groups in total. The van der Waals surface area contributed by atoms with Crippen LogP contribution >= 0.6 is 23.6 Å². The minimum Gasteiger partial charge on any atom is -0.406 e. The number of aryl methyl sites for hydroxylation is 3. The Labute approximate surface area is 269 Å². The highest BCUT2D eigenvalue weighted by atomic mass is 32.1. The van der Waals surface area contributed by atoms with Gasteiger partial charge in [-0.25, -0.2) is 9.67 Å². The van der Waals surface area contributed by atoms with Crippen LogP contribution in [-0.2, 0) is 6.42 Å². The molecule has 0 amide bonds. The number of rotatable bonds is 9. The van der Waals surface area contributed by atoms with Crippen LogP contribution in [0.1, 0.15) is 48.6 Å². The van der Waals surface area contributed by atoms with Crippen molar-refractivity contribution in [3.63, 3.8) is 0 Å². The molecule has 0 aliphatic rings. The number of nitrogens with zero attached hydrogens (tertiary/aromatic N) is 5. The van der Waals surface area contributed by atoms with E-state index in [0.29, 0.717) is 29.1 Å². The van der Waals surface area contributed by atoms with Crippen LogP contribution in [0.2, 0.25) is 0 Å². The molecule has 3 aromatic carbocycles. The first-order valence-corrected chi connectivity index (χ1v) is 15.7. The normalized spacial score (nSPS) is 12.1. The fourth-order valence-corrected chi connectivity index (χ4v) is 5.97. The average Bonchev–Trinajstić information content (AvgIpc) is 3.62. The van der Waals surface area contributed by atoms with Gasteiger partial charge in [-0.1, -0.05) is 50.2 Å². The molecule has 0 saturated carbocycles. The summed E-state index contributed by atoms with van der Waals surface area (Å²) in [6.07, 6.45) is -1.50. The number of alkyl halides is 3. The maximum Gasteiger partial charge on any atom is 0.573 e. The molecular formula is C33H33F3N6OS2. The van der Waals surface area contributed by atoms with Gasteiger partial charge in [0.05, 0.1) is 11.4 Å². The van der Waals surface area contributed by atoms with E-state index >= 15 is 0 Å². The molecule has 0 unspecified atom stereocenters. The van der Waals surface area contributed by atoms with E-state index in [4.69, 9.17) is 17.2 Å². The summed E-state index contributed by atoms with van der Waals surface area (Å²) in [6.45, 7) is 9.27. The Hall–Kier alpha value is -4.29. The van der Waals surface area contributed by atoms with Gasteiger partial charge in [-0.05, 0) is 91.8 Å². The fraction of sp³-hybridized carbons (Fsp3) is 0.273. The van der Waals surface area contributed by atoms with Gasteiger partial charge in [0.1, 0.15) is 12.1 Å². The molecule has 0 aliphatic heterocycles. The van der Waals surface area contributed by atoms with Crippen molar-refractivity contribution in [1.29, 1.82) is 0 Å². The van der Waals surface area contributed by atoms with E-state index < -0.39 is 6.36 Å². The summed E-state index contributed by atoms with van der Waals surface area (Å²) >= 11 is 7.16. The van der Waals surface area contributed by atoms with E-state index in [-0.39, 0.29) is 5.75 Å². The van der Waals surface area contributed by atoms with E-state index in [2.05, 4.69) is 76.0 Å². The average molecular weight is 651 g/mol. The van der Waals surface area contributed by atoms with Crippen molar-refractivity contribution in [3.05, 3.63) is 106 Å². The van der Waals surface area contributed by atoms with E-state index in [1.165, 1.54) is 46.4 Å². The van der Waals surface area contributed by atoms with Crippen molar-refractivity contribution in [1.82, 2.24) is 24.6 Å². The van der Waals surface area contributed by atoms with E-state index in [1.54, 1.807) is 11.3 Å². The number of hydrogen-bond acceptors (Lipinski definition) is 5. The van der Waals surface area contributed by atoms with Crippen LogP contribution in [-0.4, -0.2) is 37.4 Å². The van der Waals surface area contributed by atoms with Gasteiger partial charge in [0.15, 0.2) is 15.7 Å². The molecule has 0 radical (unpaired) electrons. The zero-order valence-electron chi connectivity index (χ0n) is 25.3. The molecule has 0 spiro atoms. The van der Waals surface area contributed by atoms with Crippen LogP contribution in [0, 0.1) is 13.8 Å². The van der Waals surface area contributed by atoms with Crippen LogP contribution in [0.15, 0.2) is 83.4 Å². The molecule has 0 bridgehead atoms. The van der Waals surface area contributed by atoms with Crippen LogP contribution < -0.4 is 14.9 Å². The van der Waals surface area contributed by atoms with Gasteiger partial charge >= 0.3 is 6.36 Å². The van der Waals surface area contributed by atoms with Crippen LogP contribution in [0.25, 0.3) is 22.8 Å². The van der Waals surface area contributed by atoms with Gasteiger partial charge in [-0.3, -0.25) is 4.57 Å². The predicted octanol–water partition coefficient (Wildman–Crippen LogP) is 7.83. The first kappa shape index (κ1) is 32.1. The second-order valence-corrected chi connectivity index (χ2v) is 12.1. The molecule has 0 aliphatic carbocycles. The smallest absolute Gasteiger partial charge is 0.406 e. The minimum absolute atomic E-state index is 0.294. The molecule has 7 nitrogen and oxygen atoms in total. The minimum atomic E-state index is -4.74. The SMILES string of the molecule is Cc1ccc(C(C)C)c(-n2c(C)cs/c2=N\C(=S)NCCCc2ccc(-c3ncn(-c4ccc(OC(F)(F)F)cc4)n3)cc2)c1. The van der Waals surface area contributed by atoms with Crippen LogP contribution in [0.3, 0.4) is 0 Å². The van der Waals surface area contributed by atoms with Crippen molar-refractivity contribution in [2.45, 2.75) is 52.8 Å². The van der Waals surface area contributed by atoms with Crippen molar-refractivity contribution in [2.75, 3.05) is 6.54 Å². The Morgan fingerprint density at radius 1 is 1.04 bits per heavy atom. The number of thiazole rings is 1. The third-order valence-electron chi connectivity index (χ3n) is 7.08. The third kappa shape index (κ3) is 8.25. The van der Waals surface area contributed by atoms with Gasteiger partial charge in [-0.2, -0.15) is 4.99 Å². The quantitative estimate of drug-likeness (QED) is 0.130. The second-order valence-electron chi connectivity index (χ2n) is 10.9. The molecule has 2 aromatic heterocycles. The predicted molar refractivity (Wildman–Crippen MR) is 175 cm³/mol. The second kappa shape index (κ2) is 13.8. The molecule has 5 aromatic rings. The number of hydrogen-bond donors (Lipinski definition) is 1. The molecule has 12 heteroatoms. The van der Waals surface area contributed by atoms with Gasteiger partial charge in [-0.15, -0.1) is 29.6 Å². The molecule has 5 rings (SSSR count). The fourth-order valence-electron chi connectivity index (χ4n) is 4.85. The summed E-state index contributed by atoms with van der Waals surface area (Å²) in [5.74, 6) is 0.597. The van der Waals surface area contributed by atoms with Crippen LogP contribution in [0.5, 0.6) is 5.75 Å². The number of ether oxygens (including phenoxy) is 1. The van der Waals surface area contributed by atoms with Gasteiger partial charge in [0.25, 0.3) is 0 Å². The first-order chi connectivity index (χ1) is 21.5. The highest BCUT2D eigenvalue weighted by molar-refractivity contribution is 7.80. The Morgan fingerprint density at radius 2 is 1.78 bits per heavy atom. The van der Waals surface area contributed by atoms with E-state index in [1.807, 2.05) is 24.3 Å². The summed E-state index contributed by atoms with van der Waals surface area (Å²) in [4.78, 5) is 9.95. The Bertz CT molecular complexity index is 1840. The number of halogens is 3. The highest BCUT2D eigenvalue weighted by Crippen LogP contribution is 2.26. The number of thiocarbonyl (C=S) groups is 1. The molecule has 234 valence electrons. The van der Waals surface area contributed by atoms with Crippen molar-refractivity contribution in [3.8, 4) is 28.5 Å². The Kier molecular flexibility index (Phi) is 9.83. The monoisotopic (exact) mass is 650 g/mol. The third-order valence-corrected chi connectivity index (χ3v) is 8.26. The highest BCUT2D eigenvalue weighted by Gasteiger charge is 2.31. The Morgan fingerprint density at radius 3 is 2.47 bits per heavy atom. The maximum absolute atomic E-state index is 12.4. The van der Waals surface area contributed by atoms with Crippen molar-refractivity contribution >= 4 is 28.7 Å². The largest absolute Gasteiger partial charge is 0.573 e. The van der Waals surface area contributed by atoms with Crippen molar-refractivity contribution in [2.24, 2.45) is 4.99 Å². The lowest BCUT2D eigenvalue weighted by atomic mass is 9.99. The summed E-state index contributed by atoms with van der Waals surface area (Å²) in [5, 5.41) is 10.3. The molecule has 45 heavy (non-hydrogen) atoms. The number of nitrogens with one attached hydrogen (secondary N) is 1. The molecule has 2 heterocycles. The Balaban J connectivity index is 1.16. The molecule has 0 atom stereocenters. The first-order valence-electron chi connectivity index (χ1n) is 14.4. The van der Waals surface area contributed by atoms with Gasteiger partial charge < -0.3 is 10.1 Å². The van der Waals surface area contributed by atoms with E-state index in [9.17, 15) is 13.2 Å². The zero-order chi connectivity index (χ0) is 32.1. The van der Waals surface area contributed by atoms with Crippen molar-refractivity contribution < 1.29 is 17.9 Å². The van der Waals surface area contributed by atoms with Gasteiger partial charge in [0.2, 0.25) is 0 Å². The molecule has 0 saturated heterocycles. The summed E-state index contributed by atoms with van der Waals surface area (Å²) < 4.78 is 44.9. The zero-order valence-corrected chi connectivity index (χ0v) is 26.9. The standard InChI is InChI=1S/C33H33F3N6OS2/c1-21(2)28-16-7-22(3)18-29(28)42-23(4)19-45-32(42)39-31(44)37-17-5-6-24-8-10-25(11-9-24)30-38-20-41(40-30)26-12-14-27(15-13-26)43-33(34,35)36/h7-16,18-21H,5-6,17H2,1-4H3,(H,37,44)/b39-32-. The molecule has 0 fully saturated rings.